The van der Waals surface area contributed by atoms with E-state index >= 15 is 0 Å². The summed E-state index contributed by atoms with van der Waals surface area (Å²) in [6.07, 6.45) is 0. The van der Waals surface area contributed by atoms with Crippen molar-refractivity contribution in [2.24, 2.45) is 0 Å². The zero-order valence-electron chi connectivity index (χ0n) is 14.9. The molecule has 0 aliphatic carbocycles. The van der Waals surface area contributed by atoms with Crippen LogP contribution >= 0.6 is 11.3 Å². The number of nitrogens with zero attached hydrogens (tertiary/aromatic N) is 2. The molecular formula is C21H19N3OS. The quantitative estimate of drug-likeness (QED) is 0.554. The van der Waals surface area contributed by atoms with E-state index in [4.69, 9.17) is 0 Å². The third kappa shape index (κ3) is 2.91. The maximum Gasteiger partial charge on any atom is 0.256 e. The molecule has 1 amide bonds. The van der Waals surface area contributed by atoms with Crippen LogP contribution in [0.4, 0.5) is 11.4 Å². The fourth-order valence-electron chi connectivity index (χ4n) is 3.19. The van der Waals surface area contributed by atoms with Gasteiger partial charge in [0.1, 0.15) is 0 Å². The van der Waals surface area contributed by atoms with Crippen molar-refractivity contribution in [3.05, 3.63) is 65.2 Å². The zero-order chi connectivity index (χ0) is 18.3. The van der Waals surface area contributed by atoms with Crippen LogP contribution in [0.2, 0.25) is 0 Å². The van der Waals surface area contributed by atoms with Crippen LogP contribution in [0.1, 0.15) is 15.4 Å². The topological polar surface area (TPSA) is 45.2 Å². The van der Waals surface area contributed by atoms with Gasteiger partial charge in [-0.2, -0.15) is 0 Å². The van der Waals surface area contributed by atoms with Crippen LogP contribution in [-0.2, 0) is 0 Å². The molecule has 26 heavy (non-hydrogen) atoms. The van der Waals surface area contributed by atoms with Crippen LogP contribution in [0.25, 0.3) is 21.0 Å². The molecule has 3 aromatic carbocycles. The highest BCUT2D eigenvalue weighted by Gasteiger charge is 2.14. The van der Waals surface area contributed by atoms with Gasteiger partial charge in [0.2, 0.25) is 0 Å². The minimum Gasteiger partial charge on any atom is -0.377 e. The zero-order valence-corrected chi connectivity index (χ0v) is 15.7. The summed E-state index contributed by atoms with van der Waals surface area (Å²) < 4.78 is 1.13. The van der Waals surface area contributed by atoms with Gasteiger partial charge in [-0.15, -0.1) is 11.3 Å². The molecule has 130 valence electrons. The molecular weight excluding hydrogens is 342 g/mol. The molecule has 0 aliphatic heterocycles. The molecule has 1 heterocycles. The first kappa shape index (κ1) is 16.5. The van der Waals surface area contributed by atoms with Crippen molar-refractivity contribution in [3.8, 4) is 0 Å². The van der Waals surface area contributed by atoms with Gasteiger partial charge in [-0.25, -0.2) is 4.98 Å². The SMILES string of the molecule is Cc1nc2cc(NC(=O)c3ccc(N(C)C)c4ccccc34)ccc2s1. The van der Waals surface area contributed by atoms with Gasteiger partial charge in [0, 0.05) is 36.4 Å². The number of carbonyl (C=O) groups excluding carboxylic acids is 1. The predicted molar refractivity (Wildman–Crippen MR) is 111 cm³/mol. The highest BCUT2D eigenvalue weighted by atomic mass is 32.1. The van der Waals surface area contributed by atoms with Crippen molar-refractivity contribution in [2.75, 3.05) is 24.3 Å². The number of aryl methyl sites for hydroxylation is 1. The Balaban J connectivity index is 1.72. The number of amides is 1. The Morgan fingerprint density at radius 3 is 2.58 bits per heavy atom. The molecule has 1 N–H and O–H groups in total. The summed E-state index contributed by atoms with van der Waals surface area (Å²) in [6.45, 7) is 1.99. The fourth-order valence-corrected chi connectivity index (χ4v) is 4.00. The van der Waals surface area contributed by atoms with Gasteiger partial charge in [0.05, 0.1) is 15.2 Å². The van der Waals surface area contributed by atoms with E-state index in [2.05, 4.69) is 15.2 Å². The van der Waals surface area contributed by atoms with Crippen molar-refractivity contribution in [1.29, 1.82) is 0 Å². The van der Waals surface area contributed by atoms with E-state index in [-0.39, 0.29) is 5.91 Å². The van der Waals surface area contributed by atoms with E-state index in [1.807, 2.05) is 75.6 Å². The minimum absolute atomic E-state index is 0.113. The Labute approximate surface area is 156 Å². The molecule has 0 bridgehead atoms. The van der Waals surface area contributed by atoms with Crippen LogP contribution in [0, 0.1) is 6.92 Å². The normalized spacial score (nSPS) is 11.0. The maximum absolute atomic E-state index is 12.9. The third-order valence-electron chi connectivity index (χ3n) is 4.38. The van der Waals surface area contributed by atoms with Gasteiger partial charge < -0.3 is 10.2 Å². The molecule has 1 aromatic heterocycles. The summed E-state index contributed by atoms with van der Waals surface area (Å²) in [4.78, 5) is 19.5. The van der Waals surface area contributed by atoms with E-state index < -0.39 is 0 Å². The number of hydrogen-bond acceptors (Lipinski definition) is 4. The first-order chi connectivity index (χ1) is 12.5. The average Bonchev–Trinajstić information content (AvgIpc) is 2.99. The van der Waals surface area contributed by atoms with E-state index in [9.17, 15) is 4.79 Å². The van der Waals surface area contributed by atoms with Crippen LogP contribution < -0.4 is 10.2 Å². The Morgan fingerprint density at radius 2 is 1.81 bits per heavy atom. The second-order valence-electron chi connectivity index (χ2n) is 6.44. The van der Waals surface area contributed by atoms with Crippen molar-refractivity contribution in [3.63, 3.8) is 0 Å². The number of carbonyl (C=O) groups is 1. The van der Waals surface area contributed by atoms with Gasteiger partial charge >= 0.3 is 0 Å². The van der Waals surface area contributed by atoms with Gasteiger partial charge in [0.25, 0.3) is 5.91 Å². The van der Waals surface area contributed by atoms with Crippen molar-refractivity contribution in [2.45, 2.75) is 6.92 Å². The van der Waals surface area contributed by atoms with E-state index in [1.54, 1.807) is 11.3 Å². The second-order valence-corrected chi connectivity index (χ2v) is 7.68. The number of aromatic nitrogens is 1. The molecule has 0 saturated heterocycles. The summed E-state index contributed by atoms with van der Waals surface area (Å²) in [5, 5.41) is 6.05. The third-order valence-corrected chi connectivity index (χ3v) is 5.33. The lowest BCUT2D eigenvalue weighted by atomic mass is 10.0. The molecule has 0 radical (unpaired) electrons. The molecule has 4 nitrogen and oxygen atoms in total. The summed E-state index contributed by atoms with van der Waals surface area (Å²) in [5.74, 6) is -0.113. The number of thiazole rings is 1. The van der Waals surface area contributed by atoms with Gasteiger partial charge in [-0.3, -0.25) is 4.79 Å². The van der Waals surface area contributed by atoms with Gasteiger partial charge in [0.15, 0.2) is 0 Å². The number of fused-ring (bicyclic) bond motifs is 2. The summed E-state index contributed by atoms with van der Waals surface area (Å²) >= 11 is 1.65. The van der Waals surface area contributed by atoms with E-state index in [1.165, 1.54) is 0 Å². The number of nitrogens with one attached hydrogen (secondary N) is 1. The standard InChI is InChI=1S/C21H19N3OS/c1-13-22-18-12-14(8-11-20(18)26-13)23-21(25)17-9-10-19(24(2)3)16-7-5-4-6-15(16)17/h4-12H,1-3H3,(H,23,25). The van der Waals surface area contributed by atoms with Crippen molar-refractivity contribution >= 4 is 49.6 Å². The minimum atomic E-state index is -0.113. The molecule has 0 fully saturated rings. The average molecular weight is 361 g/mol. The van der Waals surface area contributed by atoms with Crippen molar-refractivity contribution < 1.29 is 4.79 Å². The van der Waals surface area contributed by atoms with Crippen LogP contribution in [-0.4, -0.2) is 25.0 Å². The van der Waals surface area contributed by atoms with Gasteiger partial charge in [-0.1, -0.05) is 24.3 Å². The lowest BCUT2D eigenvalue weighted by Gasteiger charge is -2.17. The molecule has 0 aliphatic rings. The lowest BCUT2D eigenvalue weighted by Crippen LogP contribution is -2.14. The second kappa shape index (κ2) is 6.42. The fraction of sp³-hybridized carbons (Fsp3) is 0.143. The highest BCUT2D eigenvalue weighted by Crippen LogP contribution is 2.29. The largest absolute Gasteiger partial charge is 0.377 e. The Bertz CT molecular complexity index is 1130. The number of benzene rings is 3. The molecule has 4 aromatic rings. The maximum atomic E-state index is 12.9. The Hall–Kier alpha value is -2.92. The monoisotopic (exact) mass is 361 g/mol. The highest BCUT2D eigenvalue weighted by molar-refractivity contribution is 7.18. The summed E-state index contributed by atoms with van der Waals surface area (Å²) in [5.41, 5.74) is 3.43. The smallest absolute Gasteiger partial charge is 0.256 e. The molecule has 0 unspecified atom stereocenters. The molecule has 4 rings (SSSR count). The lowest BCUT2D eigenvalue weighted by molar-refractivity contribution is 0.102. The van der Waals surface area contributed by atoms with Crippen LogP contribution in [0.5, 0.6) is 0 Å². The molecule has 0 spiro atoms. The number of anilines is 2. The van der Waals surface area contributed by atoms with E-state index in [0.29, 0.717) is 5.56 Å². The van der Waals surface area contributed by atoms with Gasteiger partial charge in [-0.05, 0) is 42.6 Å². The first-order valence-electron chi connectivity index (χ1n) is 8.40. The Morgan fingerprint density at radius 1 is 1.04 bits per heavy atom. The van der Waals surface area contributed by atoms with Crippen molar-refractivity contribution in [1.82, 2.24) is 4.98 Å². The Kier molecular flexibility index (Phi) is 4.09. The molecule has 5 heteroatoms. The number of hydrogen-bond donors (Lipinski definition) is 1. The summed E-state index contributed by atoms with van der Waals surface area (Å²) in [7, 11) is 4.01. The van der Waals surface area contributed by atoms with Crippen LogP contribution in [0.3, 0.4) is 0 Å². The number of rotatable bonds is 3. The molecule has 0 saturated carbocycles. The molecule has 0 atom stereocenters. The summed E-state index contributed by atoms with van der Waals surface area (Å²) in [6, 6.07) is 17.7. The first-order valence-corrected chi connectivity index (χ1v) is 9.22. The predicted octanol–water partition coefficient (Wildman–Crippen LogP) is 5.08. The van der Waals surface area contributed by atoms with Crippen LogP contribution in [0.15, 0.2) is 54.6 Å². The van der Waals surface area contributed by atoms with E-state index in [0.717, 1.165) is 37.4 Å².